The van der Waals surface area contributed by atoms with Crippen LogP contribution in [0.5, 0.6) is 5.75 Å². The van der Waals surface area contributed by atoms with Crippen molar-refractivity contribution in [3.63, 3.8) is 0 Å². The minimum atomic E-state index is 0.376. The topological polar surface area (TPSA) is 36.9 Å². The molecule has 2 aromatic carbocycles. The van der Waals surface area contributed by atoms with Crippen LogP contribution < -0.4 is 10.5 Å². The molecule has 21 heavy (non-hydrogen) atoms. The molecule has 3 N–H and O–H groups in total. The van der Waals surface area contributed by atoms with Crippen LogP contribution >= 0.6 is 0 Å². The van der Waals surface area contributed by atoms with Crippen LogP contribution in [0.4, 0.5) is 0 Å². The highest BCUT2D eigenvalue weighted by atomic mass is 16.5. The lowest BCUT2D eigenvalue weighted by atomic mass is 9.96. The number of aryl methyl sites for hydroxylation is 2. The van der Waals surface area contributed by atoms with Gasteiger partial charge in [0.2, 0.25) is 0 Å². The number of quaternary nitrogens is 1. The van der Waals surface area contributed by atoms with Crippen molar-refractivity contribution >= 4 is 0 Å². The summed E-state index contributed by atoms with van der Waals surface area (Å²) in [6, 6.07) is 17.7. The van der Waals surface area contributed by atoms with E-state index in [0.717, 1.165) is 38.0 Å². The molecule has 1 atom stereocenters. The van der Waals surface area contributed by atoms with Crippen molar-refractivity contribution in [2.75, 3.05) is 6.61 Å². The third kappa shape index (κ3) is 3.64. The largest absolute Gasteiger partial charge is 0.493 e. The van der Waals surface area contributed by atoms with E-state index in [0.29, 0.717) is 6.04 Å². The van der Waals surface area contributed by atoms with Crippen molar-refractivity contribution in [3.8, 4) is 5.75 Å². The first-order chi connectivity index (χ1) is 10.3. The molecule has 0 amide bonds. The summed E-state index contributed by atoms with van der Waals surface area (Å²) >= 11 is 0. The first-order valence-electron chi connectivity index (χ1n) is 7.95. The van der Waals surface area contributed by atoms with Crippen molar-refractivity contribution in [1.29, 1.82) is 0 Å². The molecule has 110 valence electrons. The SMILES string of the molecule is [NH3+][C@H](CCCc1ccccc1)c1ccc2c(c1)CCCO2. The second kappa shape index (κ2) is 6.77. The second-order valence-electron chi connectivity index (χ2n) is 5.89. The Bertz CT molecular complexity index is 579. The average Bonchev–Trinajstić information content (AvgIpc) is 2.55. The molecule has 2 heteroatoms. The van der Waals surface area contributed by atoms with Gasteiger partial charge in [-0.15, -0.1) is 0 Å². The first-order valence-corrected chi connectivity index (χ1v) is 7.95. The Balaban J connectivity index is 1.56. The van der Waals surface area contributed by atoms with Crippen LogP contribution in [0.3, 0.4) is 0 Å². The van der Waals surface area contributed by atoms with Crippen molar-refractivity contribution in [3.05, 3.63) is 65.2 Å². The van der Waals surface area contributed by atoms with Gasteiger partial charge in [0.15, 0.2) is 0 Å². The predicted octanol–water partition coefficient (Wildman–Crippen LogP) is 3.32. The molecule has 0 unspecified atom stereocenters. The van der Waals surface area contributed by atoms with E-state index in [1.54, 1.807) is 0 Å². The molecule has 2 aromatic rings. The van der Waals surface area contributed by atoms with E-state index in [9.17, 15) is 0 Å². The van der Waals surface area contributed by atoms with Crippen molar-refractivity contribution in [1.82, 2.24) is 0 Å². The average molecular weight is 282 g/mol. The van der Waals surface area contributed by atoms with Crippen LogP contribution in [0.25, 0.3) is 0 Å². The Morgan fingerprint density at radius 3 is 2.81 bits per heavy atom. The van der Waals surface area contributed by atoms with Gasteiger partial charge in [-0.2, -0.15) is 0 Å². The number of ether oxygens (including phenoxy) is 1. The van der Waals surface area contributed by atoms with Gasteiger partial charge in [-0.25, -0.2) is 0 Å². The van der Waals surface area contributed by atoms with Crippen LogP contribution in [0, 0.1) is 0 Å². The third-order valence-electron chi connectivity index (χ3n) is 4.26. The summed E-state index contributed by atoms with van der Waals surface area (Å²) in [6.45, 7) is 0.858. The normalized spacial score (nSPS) is 15.1. The molecular formula is C19H24NO+. The zero-order chi connectivity index (χ0) is 14.5. The number of hydrogen-bond donors (Lipinski definition) is 1. The molecule has 1 aliphatic rings. The lowest BCUT2D eigenvalue weighted by Crippen LogP contribution is -2.53. The summed E-state index contributed by atoms with van der Waals surface area (Å²) in [5.41, 5.74) is 8.48. The molecule has 0 saturated heterocycles. The van der Waals surface area contributed by atoms with E-state index in [1.165, 1.54) is 23.1 Å². The molecular weight excluding hydrogens is 258 g/mol. The fourth-order valence-corrected chi connectivity index (χ4v) is 3.00. The zero-order valence-electron chi connectivity index (χ0n) is 12.6. The molecule has 2 nitrogen and oxygen atoms in total. The quantitative estimate of drug-likeness (QED) is 0.897. The Morgan fingerprint density at radius 2 is 1.95 bits per heavy atom. The highest BCUT2D eigenvalue weighted by Crippen LogP contribution is 2.28. The van der Waals surface area contributed by atoms with Crippen LogP contribution in [0.1, 0.15) is 42.0 Å². The van der Waals surface area contributed by atoms with Gasteiger partial charge in [-0.05, 0) is 55.0 Å². The van der Waals surface area contributed by atoms with Crippen molar-refractivity contribution in [2.45, 2.75) is 38.1 Å². The summed E-state index contributed by atoms with van der Waals surface area (Å²) in [4.78, 5) is 0. The van der Waals surface area contributed by atoms with Crippen molar-refractivity contribution in [2.24, 2.45) is 0 Å². The van der Waals surface area contributed by atoms with Gasteiger partial charge in [0, 0.05) is 12.0 Å². The molecule has 0 spiro atoms. The molecule has 0 aromatic heterocycles. The molecule has 0 radical (unpaired) electrons. The van der Waals surface area contributed by atoms with Crippen LogP contribution in [0.15, 0.2) is 48.5 Å². The number of hydrogen-bond acceptors (Lipinski definition) is 1. The maximum Gasteiger partial charge on any atom is 0.122 e. The summed E-state index contributed by atoms with van der Waals surface area (Å²) < 4.78 is 5.68. The minimum absolute atomic E-state index is 0.376. The maximum absolute atomic E-state index is 5.68. The van der Waals surface area contributed by atoms with Gasteiger partial charge in [-0.1, -0.05) is 30.3 Å². The summed E-state index contributed by atoms with van der Waals surface area (Å²) in [5.74, 6) is 1.07. The number of fused-ring (bicyclic) bond motifs is 1. The highest BCUT2D eigenvalue weighted by molar-refractivity contribution is 5.39. The standard InChI is InChI=1S/C19H23NO/c20-18(10-4-8-15-6-2-1-3-7-15)16-11-12-19-17(14-16)9-5-13-21-19/h1-3,6-7,11-12,14,18H,4-5,8-10,13,20H2/p+1/t18-/m1/s1. The Morgan fingerprint density at radius 1 is 1.10 bits per heavy atom. The summed E-state index contributed by atoms with van der Waals surface area (Å²) in [7, 11) is 0. The monoisotopic (exact) mass is 282 g/mol. The molecule has 3 rings (SSSR count). The molecule has 0 saturated carbocycles. The van der Waals surface area contributed by atoms with Crippen LogP contribution in [-0.2, 0) is 12.8 Å². The van der Waals surface area contributed by atoms with Gasteiger partial charge >= 0.3 is 0 Å². The second-order valence-corrected chi connectivity index (χ2v) is 5.89. The van der Waals surface area contributed by atoms with Crippen LogP contribution in [-0.4, -0.2) is 6.61 Å². The number of benzene rings is 2. The number of rotatable bonds is 5. The Labute approximate surface area is 126 Å². The fourth-order valence-electron chi connectivity index (χ4n) is 3.00. The summed E-state index contributed by atoms with van der Waals surface area (Å²) in [6.07, 6.45) is 5.73. The molecule has 1 heterocycles. The highest BCUT2D eigenvalue weighted by Gasteiger charge is 2.15. The van der Waals surface area contributed by atoms with Gasteiger partial charge in [0.05, 0.1) is 6.61 Å². The van der Waals surface area contributed by atoms with Gasteiger partial charge in [-0.3, -0.25) is 0 Å². The van der Waals surface area contributed by atoms with E-state index in [-0.39, 0.29) is 0 Å². The molecule has 1 aliphatic heterocycles. The first kappa shape index (κ1) is 14.2. The lowest BCUT2D eigenvalue weighted by Gasteiger charge is -2.19. The Hall–Kier alpha value is -1.80. The third-order valence-corrected chi connectivity index (χ3v) is 4.26. The molecule has 0 aliphatic carbocycles. The predicted molar refractivity (Wildman–Crippen MR) is 85.3 cm³/mol. The van der Waals surface area contributed by atoms with Gasteiger partial charge in [0.25, 0.3) is 0 Å². The van der Waals surface area contributed by atoms with E-state index < -0.39 is 0 Å². The van der Waals surface area contributed by atoms with Crippen molar-refractivity contribution < 1.29 is 10.5 Å². The van der Waals surface area contributed by atoms with Crippen LogP contribution in [0.2, 0.25) is 0 Å². The van der Waals surface area contributed by atoms with Gasteiger partial charge in [0.1, 0.15) is 11.8 Å². The fraction of sp³-hybridized carbons (Fsp3) is 0.368. The summed E-state index contributed by atoms with van der Waals surface area (Å²) in [5, 5.41) is 0. The molecule has 0 fully saturated rings. The maximum atomic E-state index is 5.68. The zero-order valence-corrected chi connectivity index (χ0v) is 12.6. The smallest absolute Gasteiger partial charge is 0.122 e. The van der Waals surface area contributed by atoms with Gasteiger partial charge < -0.3 is 10.5 Å². The van der Waals surface area contributed by atoms with E-state index in [2.05, 4.69) is 54.3 Å². The Kier molecular flexibility index (Phi) is 4.56. The van der Waals surface area contributed by atoms with E-state index in [1.807, 2.05) is 0 Å². The van der Waals surface area contributed by atoms with E-state index >= 15 is 0 Å². The lowest BCUT2D eigenvalue weighted by molar-refractivity contribution is -0.428. The van der Waals surface area contributed by atoms with E-state index in [4.69, 9.17) is 4.74 Å². The minimum Gasteiger partial charge on any atom is -0.493 e. The molecule has 0 bridgehead atoms.